The number of anilines is 2. The monoisotopic (exact) mass is 237 g/mol. The van der Waals surface area contributed by atoms with Crippen LogP contribution in [0.1, 0.15) is 13.8 Å². The van der Waals surface area contributed by atoms with Crippen LogP contribution in [0.3, 0.4) is 0 Å². The van der Waals surface area contributed by atoms with Gasteiger partial charge in [0, 0.05) is 13.1 Å². The van der Waals surface area contributed by atoms with Gasteiger partial charge in [0.1, 0.15) is 6.20 Å². The summed E-state index contributed by atoms with van der Waals surface area (Å²) in [5.74, 6) is 1.38. The highest BCUT2D eigenvalue weighted by Crippen LogP contribution is 2.32. The van der Waals surface area contributed by atoms with Crippen molar-refractivity contribution in [2.24, 2.45) is 11.8 Å². The van der Waals surface area contributed by atoms with Crippen molar-refractivity contribution < 1.29 is 4.92 Å². The fraction of sp³-hybridized carbons (Fsp3) is 0.600. The Morgan fingerprint density at radius 1 is 1.47 bits per heavy atom. The van der Waals surface area contributed by atoms with Gasteiger partial charge in [-0.3, -0.25) is 10.1 Å². The molecular weight excluding hydrogens is 222 g/mol. The number of rotatable bonds is 2. The molecule has 0 bridgehead atoms. The molecule has 0 radical (unpaired) electrons. The van der Waals surface area contributed by atoms with Gasteiger partial charge in [-0.2, -0.15) is 4.98 Å². The third-order valence-corrected chi connectivity index (χ3v) is 3.25. The summed E-state index contributed by atoms with van der Waals surface area (Å²) in [5.41, 5.74) is 5.41. The molecular formula is C10H15N5O2. The molecule has 7 nitrogen and oxygen atoms in total. The maximum Gasteiger partial charge on any atom is 0.329 e. The molecule has 0 saturated carbocycles. The molecule has 2 unspecified atom stereocenters. The Morgan fingerprint density at radius 3 is 2.59 bits per heavy atom. The number of hydrogen-bond acceptors (Lipinski definition) is 6. The molecule has 1 aliphatic heterocycles. The van der Waals surface area contributed by atoms with Gasteiger partial charge in [-0.05, 0) is 11.8 Å². The van der Waals surface area contributed by atoms with Gasteiger partial charge in [0.05, 0.1) is 4.92 Å². The van der Waals surface area contributed by atoms with Crippen molar-refractivity contribution in [1.29, 1.82) is 0 Å². The first-order chi connectivity index (χ1) is 7.99. The Hall–Kier alpha value is -1.92. The van der Waals surface area contributed by atoms with E-state index in [1.165, 1.54) is 6.20 Å². The molecule has 1 aliphatic rings. The highest BCUT2D eigenvalue weighted by Gasteiger charge is 2.31. The van der Waals surface area contributed by atoms with Crippen LogP contribution in [0.15, 0.2) is 6.20 Å². The molecule has 7 heteroatoms. The fourth-order valence-electron chi connectivity index (χ4n) is 2.04. The topological polar surface area (TPSA) is 98.2 Å². The average Bonchev–Trinajstić information content (AvgIpc) is 2.58. The van der Waals surface area contributed by atoms with Gasteiger partial charge in [-0.15, -0.1) is 0 Å². The van der Waals surface area contributed by atoms with E-state index in [0.717, 1.165) is 13.1 Å². The minimum Gasteiger partial charge on any atom is -0.368 e. The maximum absolute atomic E-state index is 10.9. The van der Waals surface area contributed by atoms with Gasteiger partial charge in [-0.25, -0.2) is 4.98 Å². The normalized spacial score (nSPS) is 24.0. The van der Waals surface area contributed by atoms with Crippen LogP contribution in [0.4, 0.5) is 17.5 Å². The van der Waals surface area contributed by atoms with E-state index in [9.17, 15) is 10.1 Å². The predicted octanol–water partition coefficient (Wildman–Crippen LogP) is 1.06. The van der Waals surface area contributed by atoms with E-state index in [1.807, 2.05) is 4.90 Å². The van der Waals surface area contributed by atoms with E-state index in [1.54, 1.807) is 0 Å². The lowest BCUT2D eigenvalue weighted by Gasteiger charge is -2.16. The highest BCUT2D eigenvalue weighted by molar-refractivity contribution is 5.59. The Morgan fingerprint density at radius 2 is 2.06 bits per heavy atom. The number of nitrogen functional groups attached to an aromatic ring is 1. The van der Waals surface area contributed by atoms with Gasteiger partial charge in [-0.1, -0.05) is 13.8 Å². The van der Waals surface area contributed by atoms with Crippen molar-refractivity contribution in [3.63, 3.8) is 0 Å². The maximum atomic E-state index is 10.9. The average molecular weight is 237 g/mol. The fourth-order valence-corrected chi connectivity index (χ4v) is 2.04. The first-order valence-electron chi connectivity index (χ1n) is 5.51. The van der Waals surface area contributed by atoms with Crippen molar-refractivity contribution in [2.45, 2.75) is 13.8 Å². The van der Waals surface area contributed by atoms with Crippen LogP contribution in [-0.2, 0) is 0 Å². The highest BCUT2D eigenvalue weighted by atomic mass is 16.6. The Labute approximate surface area is 98.8 Å². The van der Waals surface area contributed by atoms with Gasteiger partial charge in [0.25, 0.3) is 0 Å². The third kappa shape index (κ3) is 2.13. The Bertz CT molecular complexity index is 440. The molecule has 2 atom stereocenters. The lowest BCUT2D eigenvalue weighted by molar-refractivity contribution is -0.384. The summed E-state index contributed by atoms with van der Waals surface area (Å²) < 4.78 is 0. The van der Waals surface area contributed by atoms with Crippen LogP contribution in [0, 0.1) is 22.0 Å². The molecule has 0 spiro atoms. The molecule has 0 aliphatic carbocycles. The number of hydrogen-bond donors (Lipinski definition) is 1. The van der Waals surface area contributed by atoms with Gasteiger partial charge < -0.3 is 10.6 Å². The molecule has 1 saturated heterocycles. The second-order valence-corrected chi connectivity index (χ2v) is 4.55. The SMILES string of the molecule is CC1CN(c2nc(N)ncc2[N+](=O)[O-])CC1C. The second kappa shape index (κ2) is 4.15. The van der Waals surface area contributed by atoms with E-state index < -0.39 is 4.92 Å². The first-order valence-corrected chi connectivity index (χ1v) is 5.51. The molecule has 1 aromatic heterocycles. The summed E-state index contributed by atoms with van der Waals surface area (Å²) in [6.45, 7) is 5.78. The molecule has 2 heterocycles. The van der Waals surface area contributed by atoms with E-state index >= 15 is 0 Å². The Kier molecular flexibility index (Phi) is 2.83. The molecule has 0 amide bonds. The van der Waals surface area contributed by atoms with Crippen LogP contribution in [0.2, 0.25) is 0 Å². The number of nitrogens with zero attached hydrogens (tertiary/aromatic N) is 4. The molecule has 2 rings (SSSR count). The largest absolute Gasteiger partial charge is 0.368 e. The summed E-state index contributed by atoms with van der Waals surface area (Å²) in [5, 5.41) is 10.9. The standard InChI is InChI=1S/C10H15N5O2/c1-6-4-14(5-7(6)2)9-8(15(16)17)3-12-10(11)13-9/h3,6-7H,4-5H2,1-2H3,(H2,11,12,13). The van der Waals surface area contributed by atoms with Crippen molar-refractivity contribution in [3.05, 3.63) is 16.3 Å². The van der Waals surface area contributed by atoms with Crippen LogP contribution >= 0.6 is 0 Å². The summed E-state index contributed by atoms with van der Waals surface area (Å²) in [7, 11) is 0. The molecule has 2 N–H and O–H groups in total. The van der Waals surface area contributed by atoms with Crippen molar-refractivity contribution in [3.8, 4) is 0 Å². The predicted molar refractivity (Wildman–Crippen MR) is 63.6 cm³/mol. The van der Waals surface area contributed by atoms with Gasteiger partial charge >= 0.3 is 5.69 Å². The van der Waals surface area contributed by atoms with Gasteiger partial charge in [0.15, 0.2) is 0 Å². The summed E-state index contributed by atoms with van der Waals surface area (Å²) in [6.07, 6.45) is 1.17. The third-order valence-electron chi connectivity index (χ3n) is 3.25. The lowest BCUT2D eigenvalue weighted by Crippen LogP contribution is -2.22. The molecule has 1 aromatic rings. The zero-order chi connectivity index (χ0) is 12.6. The smallest absolute Gasteiger partial charge is 0.329 e. The zero-order valence-corrected chi connectivity index (χ0v) is 9.83. The minimum atomic E-state index is -0.470. The lowest BCUT2D eigenvalue weighted by atomic mass is 10.0. The molecule has 0 aromatic carbocycles. The van der Waals surface area contributed by atoms with Crippen LogP contribution < -0.4 is 10.6 Å². The number of nitrogens with two attached hydrogens (primary N) is 1. The van der Waals surface area contributed by atoms with Crippen LogP contribution in [-0.4, -0.2) is 28.0 Å². The second-order valence-electron chi connectivity index (χ2n) is 4.55. The minimum absolute atomic E-state index is 0.0674. The summed E-state index contributed by atoms with van der Waals surface area (Å²) >= 11 is 0. The van der Waals surface area contributed by atoms with Crippen molar-refractivity contribution in [2.75, 3.05) is 23.7 Å². The van der Waals surface area contributed by atoms with Crippen molar-refractivity contribution in [1.82, 2.24) is 9.97 Å². The van der Waals surface area contributed by atoms with E-state index in [4.69, 9.17) is 5.73 Å². The zero-order valence-electron chi connectivity index (χ0n) is 9.83. The summed E-state index contributed by atoms with van der Waals surface area (Å²) in [6, 6.07) is 0. The van der Waals surface area contributed by atoms with E-state index in [-0.39, 0.29) is 11.6 Å². The quantitative estimate of drug-likeness (QED) is 0.610. The Balaban J connectivity index is 2.37. The summed E-state index contributed by atoms with van der Waals surface area (Å²) in [4.78, 5) is 20.0. The molecule has 92 valence electrons. The number of nitro groups is 1. The van der Waals surface area contributed by atoms with Crippen LogP contribution in [0.5, 0.6) is 0 Å². The van der Waals surface area contributed by atoms with Crippen LogP contribution in [0.25, 0.3) is 0 Å². The van der Waals surface area contributed by atoms with Crippen molar-refractivity contribution >= 4 is 17.5 Å². The molecule has 17 heavy (non-hydrogen) atoms. The van der Waals surface area contributed by atoms with Gasteiger partial charge in [0.2, 0.25) is 11.8 Å². The first kappa shape index (κ1) is 11.6. The van der Waals surface area contributed by atoms with E-state index in [2.05, 4.69) is 23.8 Å². The van der Waals surface area contributed by atoms with E-state index in [0.29, 0.717) is 17.7 Å². The molecule has 1 fully saturated rings. The number of aromatic nitrogens is 2.